The molecular formula is C13H15N3OS. The van der Waals surface area contributed by atoms with Crippen molar-refractivity contribution in [2.45, 2.75) is 13.8 Å². The van der Waals surface area contributed by atoms with E-state index in [9.17, 15) is 4.79 Å². The number of thioether (sulfide) groups is 1. The van der Waals surface area contributed by atoms with E-state index in [1.54, 1.807) is 17.3 Å². The minimum absolute atomic E-state index is 0.0264. The van der Waals surface area contributed by atoms with E-state index in [0.29, 0.717) is 18.0 Å². The molecular weight excluding hydrogens is 246 g/mol. The van der Waals surface area contributed by atoms with Gasteiger partial charge in [-0.25, -0.2) is 0 Å². The number of carbonyl (C=O) groups is 1. The van der Waals surface area contributed by atoms with E-state index in [2.05, 4.69) is 9.98 Å². The van der Waals surface area contributed by atoms with Crippen LogP contribution in [-0.4, -0.2) is 34.0 Å². The Balaban J connectivity index is 2.29. The summed E-state index contributed by atoms with van der Waals surface area (Å²) >= 11 is 1.43. The van der Waals surface area contributed by atoms with E-state index in [4.69, 9.17) is 0 Å². The van der Waals surface area contributed by atoms with E-state index in [1.165, 1.54) is 11.8 Å². The van der Waals surface area contributed by atoms with E-state index < -0.39 is 0 Å². The zero-order valence-electron chi connectivity index (χ0n) is 10.5. The van der Waals surface area contributed by atoms with Crippen LogP contribution in [0.25, 0.3) is 6.08 Å². The molecule has 5 heteroatoms. The topological polar surface area (TPSA) is 45.6 Å². The molecule has 0 unspecified atom stereocenters. The van der Waals surface area contributed by atoms with Crippen molar-refractivity contribution < 1.29 is 4.79 Å². The first kappa shape index (κ1) is 12.8. The second-order valence-electron chi connectivity index (χ2n) is 3.70. The number of likely N-dealkylation sites (N-methyl/N-ethyl adjacent to an activating group) is 1. The Bertz CT molecular complexity index is 496. The van der Waals surface area contributed by atoms with Gasteiger partial charge in [0.1, 0.15) is 0 Å². The van der Waals surface area contributed by atoms with Gasteiger partial charge in [0.15, 0.2) is 5.17 Å². The van der Waals surface area contributed by atoms with Gasteiger partial charge < -0.3 is 0 Å². The van der Waals surface area contributed by atoms with Gasteiger partial charge in [0.05, 0.1) is 4.91 Å². The number of rotatable bonds is 3. The summed E-state index contributed by atoms with van der Waals surface area (Å²) in [6.07, 6.45) is 5.32. The molecule has 0 N–H and O–H groups in total. The molecule has 0 radical (unpaired) electrons. The number of hydrogen-bond donors (Lipinski definition) is 0. The molecule has 18 heavy (non-hydrogen) atoms. The molecule has 1 aliphatic rings. The van der Waals surface area contributed by atoms with Crippen molar-refractivity contribution in [2.75, 3.05) is 13.1 Å². The van der Waals surface area contributed by atoms with Gasteiger partial charge in [-0.15, -0.1) is 0 Å². The number of hydrogen-bond acceptors (Lipinski definition) is 4. The average molecular weight is 261 g/mol. The molecule has 0 aliphatic carbocycles. The van der Waals surface area contributed by atoms with Gasteiger partial charge in [-0.2, -0.15) is 0 Å². The molecule has 94 valence electrons. The lowest BCUT2D eigenvalue weighted by Gasteiger charge is -2.11. The van der Waals surface area contributed by atoms with Crippen molar-refractivity contribution in [3.8, 4) is 0 Å². The number of amides is 1. The van der Waals surface area contributed by atoms with E-state index in [-0.39, 0.29) is 5.91 Å². The molecule has 0 spiro atoms. The van der Waals surface area contributed by atoms with Crippen molar-refractivity contribution in [1.29, 1.82) is 0 Å². The molecule has 1 aliphatic heterocycles. The highest BCUT2D eigenvalue weighted by Crippen LogP contribution is 2.32. The fraction of sp³-hybridized carbons (Fsp3) is 0.308. The molecule has 0 saturated carbocycles. The fourth-order valence-corrected chi connectivity index (χ4v) is 2.76. The SMILES string of the molecule is CCN=C1S/C(=C\c2cccnc2)C(=O)N1CC. The van der Waals surface area contributed by atoms with E-state index in [0.717, 1.165) is 10.7 Å². The molecule has 0 bridgehead atoms. The van der Waals surface area contributed by atoms with E-state index >= 15 is 0 Å². The Morgan fingerprint density at radius 1 is 1.50 bits per heavy atom. The maximum Gasteiger partial charge on any atom is 0.266 e. The number of nitrogens with zero attached hydrogens (tertiary/aromatic N) is 3. The zero-order chi connectivity index (χ0) is 13.0. The first-order valence-corrected chi connectivity index (χ1v) is 6.73. The highest BCUT2D eigenvalue weighted by molar-refractivity contribution is 8.18. The predicted octanol–water partition coefficient (Wildman–Crippen LogP) is 2.39. The van der Waals surface area contributed by atoms with Gasteiger partial charge >= 0.3 is 0 Å². The number of aliphatic imine (C=N–C) groups is 1. The summed E-state index contributed by atoms with van der Waals surface area (Å²) in [7, 11) is 0. The molecule has 1 amide bonds. The van der Waals surface area contributed by atoms with Crippen LogP contribution in [0.4, 0.5) is 0 Å². The molecule has 0 aromatic carbocycles. The third-order valence-corrected chi connectivity index (χ3v) is 3.52. The Morgan fingerprint density at radius 3 is 2.94 bits per heavy atom. The predicted molar refractivity (Wildman–Crippen MR) is 75.2 cm³/mol. The van der Waals surface area contributed by atoms with Crippen molar-refractivity contribution in [3.63, 3.8) is 0 Å². The normalized spacial score (nSPS) is 20.1. The number of amidine groups is 1. The van der Waals surface area contributed by atoms with Crippen molar-refractivity contribution in [1.82, 2.24) is 9.88 Å². The Hall–Kier alpha value is -1.62. The standard InChI is InChI=1S/C13H15N3OS/c1-3-15-13-16(4-2)12(17)11(18-13)8-10-6-5-7-14-9-10/h5-9H,3-4H2,1-2H3/b11-8-,15-13?. The van der Waals surface area contributed by atoms with Gasteiger partial charge in [-0.05, 0) is 43.3 Å². The molecule has 1 aromatic rings. The third-order valence-electron chi connectivity index (χ3n) is 2.48. The van der Waals surface area contributed by atoms with Crippen molar-refractivity contribution >= 4 is 28.9 Å². The van der Waals surface area contributed by atoms with Crippen LogP contribution in [0.15, 0.2) is 34.4 Å². The molecule has 2 heterocycles. The van der Waals surface area contributed by atoms with E-state index in [1.807, 2.05) is 32.1 Å². The van der Waals surface area contributed by atoms with Crippen LogP contribution in [0.3, 0.4) is 0 Å². The van der Waals surface area contributed by atoms with Gasteiger partial charge in [-0.1, -0.05) is 6.07 Å². The summed E-state index contributed by atoms with van der Waals surface area (Å²) in [6.45, 7) is 5.26. The molecule has 0 atom stereocenters. The maximum absolute atomic E-state index is 12.2. The number of carbonyl (C=O) groups excluding carboxylic acids is 1. The summed E-state index contributed by atoms with van der Waals surface area (Å²) in [5.41, 5.74) is 0.933. The first-order valence-electron chi connectivity index (χ1n) is 5.92. The Kier molecular flexibility index (Phi) is 4.15. The summed E-state index contributed by atoms with van der Waals surface area (Å²) in [6, 6.07) is 3.79. The molecule has 1 fully saturated rings. The third kappa shape index (κ3) is 2.61. The molecule has 1 saturated heterocycles. The van der Waals surface area contributed by atoms with Gasteiger partial charge in [0.2, 0.25) is 0 Å². The first-order chi connectivity index (χ1) is 8.76. The average Bonchev–Trinajstić information content (AvgIpc) is 2.67. The Morgan fingerprint density at radius 2 is 2.33 bits per heavy atom. The second-order valence-corrected chi connectivity index (χ2v) is 4.71. The Labute approximate surface area is 111 Å². The minimum Gasteiger partial charge on any atom is -0.287 e. The van der Waals surface area contributed by atoms with Crippen LogP contribution >= 0.6 is 11.8 Å². The lowest BCUT2D eigenvalue weighted by Crippen LogP contribution is -2.28. The lowest BCUT2D eigenvalue weighted by atomic mass is 10.2. The summed E-state index contributed by atoms with van der Waals surface area (Å²) in [5, 5.41) is 0.792. The summed E-state index contributed by atoms with van der Waals surface area (Å²) < 4.78 is 0. The van der Waals surface area contributed by atoms with Crippen molar-refractivity contribution in [3.05, 3.63) is 35.0 Å². The highest BCUT2D eigenvalue weighted by Gasteiger charge is 2.31. The quantitative estimate of drug-likeness (QED) is 0.785. The highest BCUT2D eigenvalue weighted by atomic mass is 32.2. The van der Waals surface area contributed by atoms with Crippen LogP contribution in [0.2, 0.25) is 0 Å². The van der Waals surface area contributed by atoms with Gasteiger partial charge in [-0.3, -0.25) is 19.7 Å². The zero-order valence-corrected chi connectivity index (χ0v) is 11.3. The minimum atomic E-state index is 0.0264. The summed E-state index contributed by atoms with van der Waals surface area (Å²) in [5.74, 6) is 0.0264. The fourth-order valence-electron chi connectivity index (χ4n) is 1.65. The molecule has 1 aromatic heterocycles. The van der Waals surface area contributed by atoms with Crippen LogP contribution < -0.4 is 0 Å². The molecule has 4 nitrogen and oxygen atoms in total. The lowest BCUT2D eigenvalue weighted by molar-refractivity contribution is -0.122. The monoisotopic (exact) mass is 261 g/mol. The second kappa shape index (κ2) is 5.82. The van der Waals surface area contributed by atoms with Gasteiger partial charge in [0.25, 0.3) is 5.91 Å². The smallest absolute Gasteiger partial charge is 0.266 e. The van der Waals surface area contributed by atoms with Crippen LogP contribution in [0.1, 0.15) is 19.4 Å². The largest absolute Gasteiger partial charge is 0.287 e. The number of aromatic nitrogens is 1. The van der Waals surface area contributed by atoms with Crippen LogP contribution in [0.5, 0.6) is 0 Å². The van der Waals surface area contributed by atoms with Crippen molar-refractivity contribution in [2.24, 2.45) is 4.99 Å². The van der Waals surface area contributed by atoms with Gasteiger partial charge in [0, 0.05) is 25.5 Å². The van der Waals surface area contributed by atoms with Crippen LogP contribution in [-0.2, 0) is 4.79 Å². The maximum atomic E-state index is 12.2. The van der Waals surface area contributed by atoms with Crippen LogP contribution in [0, 0.1) is 0 Å². The summed E-state index contributed by atoms with van der Waals surface area (Å²) in [4.78, 5) is 23.0. The number of pyridine rings is 1. The molecule has 2 rings (SSSR count).